The van der Waals surface area contributed by atoms with Crippen LogP contribution in [-0.2, 0) is 4.74 Å². The second-order valence-electron chi connectivity index (χ2n) is 4.57. The second-order valence-corrected chi connectivity index (χ2v) is 4.57. The van der Waals surface area contributed by atoms with Crippen LogP contribution in [0.2, 0.25) is 0 Å². The molecule has 1 aromatic heterocycles. The quantitative estimate of drug-likeness (QED) is 0.827. The van der Waals surface area contributed by atoms with Gasteiger partial charge in [0, 0.05) is 19.8 Å². The molecule has 2 rings (SSSR count). The smallest absolute Gasteiger partial charge is 0.267 e. The first-order valence-corrected chi connectivity index (χ1v) is 6.34. The maximum atomic E-state index is 11.0. The molecule has 98 valence electrons. The summed E-state index contributed by atoms with van der Waals surface area (Å²) in [5.74, 6) is 0.827. The highest BCUT2D eigenvalue weighted by Gasteiger charge is 2.13. The Balaban J connectivity index is 1.78. The van der Waals surface area contributed by atoms with Gasteiger partial charge in [-0.25, -0.2) is 4.98 Å². The molecule has 1 unspecified atom stereocenters. The van der Waals surface area contributed by atoms with Crippen LogP contribution in [-0.4, -0.2) is 30.6 Å². The molecule has 5 heteroatoms. The Labute approximate surface area is 107 Å². The fourth-order valence-electron chi connectivity index (χ4n) is 2.11. The Hall–Kier alpha value is -1.62. The summed E-state index contributed by atoms with van der Waals surface area (Å²) in [7, 11) is 0. The number of carbonyl (C=O) groups excluding carboxylic acids is 1. The van der Waals surface area contributed by atoms with E-state index in [2.05, 4.69) is 10.3 Å². The second kappa shape index (κ2) is 6.35. The van der Waals surface area contributed by atoms with E-state index in [9.17, 15) is 4.79 Å². The molecule has 0 saturated carbocycles. The van der Waals surface area contributed by atoms with Crippen molar-refractivity contribution in [1.82, 2.24) is 4.98 Å². The van der Waals surface area contributed by atoms with Gasteiger partial charge in [0.1, 0.15) is 11.5 Å². The van der Waals surface area contributed by atoms with Gasteiger partial charge in [-0.3, -0.25) is 4.79 Å². The van der Waals surface area contributed by atoms with Crippen LogP contribution < -0.4 is 11.1 Å². The summed E-state index contributed by atoms with van der Waals surface area (Å²) >= 11 is 0. The van der Waals surface area contributed by atoms with E-state index < -0.39 is 5.91 Å². The summed E-state index contributed by atoms with van der Waals surface area (Å²) in [6.07, 6.45) is 3.44. The number of hydrogen-bond donors (Lipinski definition) is 2. The van der Waals surface area contributed by atoms with Gasteiger partial charge in [-0.1, -0.05) is 6.07 Å². The van der Waals surface area contributed by atoms with Gasteiger partial charge < -0.3 is 15.8 Å². The predicted molar refractivity (Wildman–Crippen MR) is 69.4 cm³/mol. The summed E-state index contributed by atoms with van der Waals surface area (Å²) in [5.41, 5.74) is 5.48. The van der Waals surface area contributed by atoms with E-state index >= 15 is 0 Å². The molecular formula is C13H19N3O2. The molecule has 1 atom stereocenters. The number of ether oxygens (including phenoxy) is 1. The molecule has 2 heterocycles. The van der Waals surface area contributed by atoms with Gasteiger partial charge in [0.2, 0.25) is 0 Å². The van der Waals surface area contributed by atoms with Gasteiger partial charge in [0.25, 0.3) is 5.91 Å². The summed E-state index contributed by atoms with van der Waals surface area (Å²) in [6, 6.07) is 5.23. The Bertz CT molecular complexity index is 403. The fourth-order valence-corrected chi connectivity index (χ4v) is 2.11. The number of amides is 1. The van der Waals surface area contributed by atoms with Crippen molar-refractivity contribution in [2.24, 2.45) is 11.7 Å². The molecule has 18 heavy (non-hydrogen) atoms. The standard InChI is InChI=1S/C13H19N3O2/c14-13(17)11-4-1-5-12(16-11)15-7-6-10-3-2-8-18-9-10/h1,4-5,10H,2-3,6-9H2,(H2,14,17)(H,15,16). The van der Waals surface area contributed by atoms with Gasteiger partial charge in [0.05, 0.1) is 0 Å². The zero-order chi connectivity index (χ0) is 12.8. The first kappa shape index (κ1) is 12.8. The van der Waals surface area contributed by atoms with Gasteiger partial charge in [-0.15, -0.1) is 0 Å². The lowest BCUT2D eigenvalue weighted by Crippen LogP contribution is -2.20. The molecule has 3 N–H and O–H groups in total. The Morgan fingerprint density at radius 2 is 2.44 bits per heavy atom. The van der Waals surface area contributed by atoms with Gasteiger partial charge in [-0.05, 0) is 37.3 Å². The van der Waals surface area contributed by atoms with E-state index in [0.29, 0.717) is 17.4 Å². The Kier molecular flexibility index (Phi) is 4.52. The number of anilines is 1. The fraction of sp³-hybridized carbons (Fsp3) is 0.538. The third-order valence-corrected chi connectivity index (χ3v) is 3.11. The number of nitrogens with one attached hydrogen (secondary N) is 1. The number of pyridine rings is 1. The van der Waals surface area contributed by atoms with Gasteiger partial charge in [-0.2, -0.15) is 0 Å². The molecule has 1 fully saturated rings. The molecule has 1 aliphatic heterocycles. The van der Waals surface area contributed by atoms with Crippen molar-refractivity contribution < 1.29 is 9.53 Å². The van der Waals surface area contributed by atoms with Crippen LogP contribution in [0.3, 0.4) is 0 Å². The van der Waals surface area contributed by atoms with Crippen LogP contribution in [0, 0.1) is 5.92 Å². The molecule has 1 aliphatic rings. The van der Waals surface area contributed by atoms with Crippen molar-refractivity contribution in [1.29, 1.82) is 0 Å². The zero-order valence-corrected chi connectivity index (χ0v) is 10.4. The van der Waals surface area contributed by atoms with E-state index in [4.69, 9.17) is 10.5 Å². The topological polar surface area (TPSA) is 77.2 Å². The highest BCUT2D eigenvalue weighted by atomic mass is 16.5. The average Bonchev–Trinajstić information content (AvgIpc) is 2.40. The average molecular weight is 249 g/mol. The van der Waals surface area contributed by atoms with Gasteiger partial charge >= 0.3 is 0 Å². The molecule has 0 aliphatic carbocycles. The van der Waals surface area contributed by atoms with E-state index in [1.807, 2.05) is 6.07 Å². The van der Waals surface area contributed by atoms with E-state index in [1.54, 1.807) is 12.1 Å². The van der Waals surface area contributed by atoms with Crippen LogP contribution in [0.15, 0.2) is 18.2 Å². The molecule has 0 aromatic carbocycles. The number of rotatable bonds is 5. The minimum atomic E-state index is -0.501. The highest BCUT2D eigenvalue weighted by Crippen LogP contribution is 2.17. The van der Waals surface area contributed by atoms with Gasteiger partial charge in [0.15, 0.2) is 0 Å². The molecule has 1 saturated heterocycles. The van der Waals surface area contributed by atoms with Crippen LogP contribution in [0.1, 0.15) is 29.8 Å². The first-order chi connectivity index (χ1) is 8.75. The maximum absolute atomic E-state index is 11.0. The Morgan fingerprint density at radius 1 is 1.56 bits per heavy atom. The van der Waals surface area contributed by atoms with Crippen LogP contribution in [0.5, 0.6) is 0 Å². The van der Waals surface area contributed by atoms with Crippen molar-refractivity contribution in [2.75, 3.05) is 25.1 Å². The number of hydrogen-bond acceptors (Lipinski definition) is 4. The summed E-state index contributed by atoms with van der Waals surface area (Å²) in [5, 5.41) is 3.21. The SMILES string of the molecule is NC(=O)c1cccc(NCCC2CCCOC2)n1. The van der Waals surface area contributed by atoms with E-state index in [0.717, 1.165) is 32.6 Å². The first-order valence-electron chi connectivity index (χ1n) is 6.34. The largest absolute Gasteiger partial charge is 0.381 e. The van der Waals surface area contributed by atoms with E-state index in [1.165, 1.54) is 6.42 Å². The maximum Gasteiger partial charge on any atom is 0.267 e. The minimum absolute atomic E-state index is 0.293. The van der Waals surface area contributed by atoms with E-state index in [-0.39, 0.29) is 0 Å². The van der Waals surface area contributed by atoms with Crippen molar-refractivity contribution in [3.63, 3.8) is 0 Å². The molecule has 5 nitrogen and oxygen atoms in total. The highest BCUT2D eigenvalue weighted by molar-refractivity contribution is 5.91. The normalized spacial score (nSPS) is 19.4. The lowest BCUT2D eigenvalue weighted by Gasteiger charge is -2.22. The molecule has 0 bridgehead atoms. The number of carbonyl (C=O) groups is 1. The number of nitrogens with zero attached hydrogens (tertiary/aromatic N) is 1. The predicted octanol–water partition coefficient (Wildman–Crippen LogP) is 1.41. The third kappa shape index (κ3) is 3.70. The lowest BCUT2D eigenvalue weighted by atomic mass is 9.99. The molecule has 1 amide bonds. The number of nitrogens with two attached hydrogens (primary N) is 1. The third-order valence-electron chi connectivity index (χ3n) is 3.11. The monoisotopic (exact) mass is 249 g/mol. The van der Waals surface area contributed by atoms with Crippen LogP contribution in [0.25, 0.3) is 0 Å². The number of aromatic nitrogens is 1. The molecule has 1 aromatic rings. The summed E-state index contributed by atoms with van der Waals surface area (Å²) < 4.78 is 5.43. The number of primary amides is 1. The Morgan fingerprint density at radius 3 is 3.17 bits per heavy atom. The zero-order valence-electron chi connectivity index (χ0n) is 10.4. The molecular weight excluding hydrogens is 230 g/mol. The molecule has 0 spiro atoms. The van der Waals surface area contributed by atoms with Crippen molar-refractivity contribution in [2.45, 2.75) is 19.3 Å². The van der Waals surface area contributed by atoms with Crippen molar-refractivity contribution in [3.05, 3.63) is 23.9 Å². The van der Waals surface area contributed by atoms with Crippen LogP contribution in [0.4, 0.5) is 5.82 Å². The van der Waals surface area contributed by atoms with Crippen molar-refractivity contribution in [3.8, 4) is 0 Å². The van der Waals surface area contributed by atoms with Crippen molar-refractivity contribution >= 4 is 11.7 Å². The lowest BCUT2D eigenvalue weighted by molar-refractivity contribution is 0.0530. The summed E-state index contributed by atoms with van der Waals surface area (Å²) in [6.45, 7) is 2.59. The van der Waals surface area contributed by atoms with Crippen LogP contribution >= 0.6 is 0 Å². The minimum Gasteiger partial charge on any atom is -0.381 e. The molecule has 0 radical (unpaired) electrons. The summed E-state index contributed by atoms with van der Waals surface area (Å²) in [4.78, 5) is 15.1.